The summed E-state index contributed by atoms with van der Waals surface area (Å²) in [5.41, 5.74) is 5.24. The molecule has 2 aliphatic rings. The van der Waals surface area contributed by atoms with Gasteiger partial charge in [0.25, 0.3) is 0 Å². The maximum absolute atomic E-state index is 12.6. The van der Waals surface area contributed by atoms with Crippen LogP contribution in [0.4, 0.5) is 0 Å². The Morgan fingerprint density at radius 1 is 0.771 bits per heavy atom. The molecule has 2 aliphatic carbocycles. The van der Waals surface area contributed by atoms with Gasteiger partial charge in [0.15, 0.2) is 0 Å². The van der Waals surface area contributed by atoms with Crippen LogP contribution in [-0.4, -0.2) is 12.6 Å². The van der Waals surface area contributed by atoms with E-state index in [0.29, 0.717) is 12.5 Å². The Bertz CT molecular complexity index is 911. The van der Waals surface area contributed by atoms with Gasteiger partial charge in [0.2, 0.25) is 0 Å². The molecule has 2 aromatic carbocycles. The largest absolute Gasteiger partial charge is 0.465 e. The number of ether oxygens (including phenoxy) is 1. The van der Waals surface area contributed by atoms with Crippen molar-refractivity contribution in [3.8, 4) is 11.1 Å². The van der Waals surface area contributed by atoms with Crippen LogP contribution in [0, 0.1) is 11.3 Å². The van der Waals surface area contributed by atoms with Crippen molar-refractivity contribution in [2.24, 2.45) is 11.3 Å². The van der Waals surface area contributed by atoms with Crippen molar-refractivity contribution in [2.45, 2.75) is 110 Å². The quantitative estimate of drug-likeness (QED) is 0.267. The van der Waals surface area contributed by atoms with E-state index in [1.165, 1.54) is 60.8 Å². The lowest BCUT2D eigenvalue weighted by atomic mass is 9.70. The molecule has 0 bridgehead atoms. The highest BCUT2D eigenvalue weighted by Gasteiger charge is 2.39. The number of carbonyl (C=O) groups excluding carboxylic acids is 1. The molecule has 4 rings (SSSR count). The lowest BCUT2D eigenvalue weighted by molar-refractivity contribution is -0.157. The fourth-order valence-electron chi connectivity index (χ4n) is 6.36. The molecule has 0 saturated heterocycles. The van der Waals surface area contributed by atoms with E-state index in [-0.39, 0.29) is 11.4 Å². The second kappa shape index (κ2) is 12.2. The zero-order valence-corrected chi connectivity index (χ0v) is 22.4. The van der Waals surface area contributed by atoms with E-state index >= 15 is 0 Å². The van der Waals surface area contributed by atoms with Crippen molar-refractivity contribution in [3.63, 3.8) is 0 Å². The van der Waals surface area contributed by atoms with E-state index in [1.807, 2.05) is 0 Å². The van der Waals surface area contributed by atoms with Gasteiger partial charge in [-0.2, -0.15) is 0 Å². The zero-order valence-electron chi connectivity index (χ0n) is 22.4. The Labute approximate surface area is 213 Å². The number of esters is 1. The van der Waals surface area contributed by atoms with E-state index < -0.39 is 0 Å². The highest BCUT2D eigenvalue weighted by molar-refractivity contribution is 5.76. The van der Waals surface area contributed by atoms with Crippen molar-refractivity contribution in [1.82, 2.24) is 0 Å². The first-order chi connectivity index (χ1) is 17.0. The molecular formula is C33H46O2. The third-order valence-electron chi connectivity index (χ3n) is 8.95. The summed E-state index contributed by atoms with van der Waals surface area (Å²) in [5, 5.41) is 0. The van der Waals surface area contributed by atoms with Crippen LogP contribution >= 0.6 is 0 Å². The average Bonchev–Trinajstić information content (AvgIpc) is 2.90. The molecule has 0 aromatic heterocycles. The fraction of sp³-hybridized carbons (Fsp3) is 0.606. The maximum atomic E-state index is 12.6. The van der Waals surface area contributed by atoms with Crippen molar-refractivity contribution in [2.75, 3.05) is 6.61 Å². The van der Waals surface area contributed by atoms with Crippen LogP contribution in [-0.2, 0) is 9.53 Å². The standard InChI is InChI=1S/C33H46O2/c1-4-6-24-35-32(34)33(3)22-20-31(21-23-33)30-18-16-29(17-19-30)28-14-12-27(13-15-28)26-10-8-25(7-5-2)9-11-26/h12-19,25-26,31H,4-11,20-24H2,1-3H3/t25-,26-,31?,33?. The van der Waals surface area contributed by atoms with Gasteiger partial charge >= 0.3 is 5.97 Å². The monoisotopic (exact) mass is 474 g/mol. The predicted octanol–water partition coefficient (Wildman–Crippen LogP) is 9.43. The van der Waals surface area contributed by atoms with E-state index in [4.69, 9.17) is 4.74 Å². The summed E-state index contributed by atoms with van der Waals surface area (Å²) in [6.45, 7) is 7.11. The summed E-state index contributed by atoms with van der Waals surface area (Å²) < 4.78 is 5.55. The van der Waals surface area contributed by atoms with Crippen LogP contribution in [0.2, 0.25) is 0 Å². The smallest absolute Gasteiger partial charge is 0.311 e. The lowest BCUT2D eigenvalue weighted by Crippen LogP contribution is -2.34. The molecule has 0 aliphatic heterocycles. The number of unbranched alkanes of at least 4 members (excludes halogenated alkanes) is 1. The van der Waals surface area contributed by atoms with E-state index in [1.54, 1.807) is 0 Å². The van der Waals surface area contributed by atoms with Gasteiger partial charge in [0, 0.05) is 0 Å². The van der Waals surface area contributed by atoms with Gasteiger partial charge in [-0.15, -0.1) is 0 Å². The summed E-state index contributed by atoms with van der Waals surface area (Å²) in [5.74, 6) is 2.27. The number of rotatable bonds is 9. The SMILES string of the molecule is CCCCOC(=O)C1(C)CCC(c2ccc(-c3ccc([C@H]4CC[C@H](CCC)CC4)cc3)cc2)CC1. The first-order valence-corrected chi connectivity index (χ1v) is 14.4. The molecule has 2 aromatic rings. The Morgan fingerprint density at radius 2 is 1.29 bits per heavy atom. The normalized spacial score (nSPS) is 26.9. The Hall–Kier alpha value is -2.09. The summed E-state index contributed by atoms with van der Waals surface area (Å²) in [6.07, 6.45) is 14.3. The highest BCUT2D eigenvalue weighted by Crippen LogP contribution is 2.44. The summed E-state index contributed by atoms with van der Waals surface area (Å²) in [6, 6.07) is 18.6. The van der Waals surface area contributed by atoms with Crippen molar-refractivity contribution >= 4 is 5.97 Å². The van der Waals surface area contributed by atoms with Crippen LogP contribution in [0.5, 0.6) is 0 Å². The molecule has 0 unspecified atom stereocenters. The molecule has 2 fully saturated rings. The molecule has 0 atom stereocenters. The third-order valence-corrected chi connectivity index (χ3v) is 8.95. The van der Waals surface area contributed by atoms with Gasteiger partial charge in [-0.3, -0.25) is 4.79 Å². The van der Waals surface area contributed by atoms with Crippen molar-refractivity contribution in [3.05, 3.63) is 59.7 Å². The fourth-order valence-corrected chi connectivity index (χ4v) is 6.36. The summed E-state index contributed by atoms with van der Waals surface area (Å²) in [7, 11) is 0. The van der Waals surface area contributed by atoms with E-state index in [0.717, 1.165) is 50.4 Å². The first kappa shape index (κ1) is 26.0. The molecule has 35 heavy (non-hydrogen) atoms. The van der Waals surface area contributed by atoms with Gasteiger partial charge in [-0.05, 0) is 105 Å². The molecule has 0 radical (unpaired) electrons. The Balaban J connectivity index is 1.30. The Kier molecular flexibility index (Phi) is 9.09. The highest BCUT2D eigenvalue weighted by atomic mass is 16.5. The average molecular weight is 475 g/mol. The second-order valence-electron chi connectivity index (χ2n) is 11.6. The van der Waals surface area contributed by atoms with Crippen molar-refractivity contribution < 1.29 is 9.53 Å². The van der Waals surface area contributed by atoms with Crippen LogP contribution in [0.3, 0.4) is 0 Å². The molecule has 0 spiro atoms. The summed E-state index contributed by atoms with van der Waals surface area (Å²) in [4.78, 5) is 12.6. The topological polar surface area (TPSA) is 26.3 Å². The Morgan fingerprint density at radius 3 is 1.77 bits per heavy atom. The maximum Gasteiger partial charge on any atom is 0.311 e. The van der Waals surface area contributed by atoms with Gasteiger partial charge < -0.3 is 4.74 Å². The molecule has 2 heteroatoms. The first-order valence-electron chi connectivity index (χ1n) is 14.4. The molecule has 2 saturated carbocycles. The summed E-state index contributed by atoms with van der Waals surface area (Å²) >= 11 is 0. The minimum absolute atomic E-state index is 0.0113. The second-order valence-corrected chi connectivity index (χ2v) is 11.6. The molecular weight excluding hydrogens is 428 g/mol. The minimum atomic E-state index is -0.304. The van der Waals surface area contributed by atoms with Gasteiger partial charge in [-0.1, -0.05) is 81.6 Å². The number of hydrogen-bond donors (Lipinski definition) is 0. The molecule has 0 heterocycles. The zero-order chi connectivity index (χ0) is 24.7. The van der Waals surface area contributed by atoms with Crippen molar-refractivity contribution in [1.29, 1.82) is 0 Å². The molecule has 0 amide bonds. The number of carbonyl (C=O) groups is 1. The number of benzene rings is 2. The van der Waals surface area contributed by atoms with Gasteiger partial charge in [0.1, 0.15) is 0 Å². The molecule has 190 valence electrons. The van der Waals surface area contributed by atoms with E-state index in [9.17, 15) is 4.79 Å². The third kappa shape index (κ3) is 6.57. The van der Waals surface area contributed by atoms with Crippen LogP contribution < -0.4 is 0 Å². The lowest BCUT2D eigenvalue weighted by Gasteiger charge is -2.35. The van der Waals surface area contributed by atoms with Crippen LogP contribution in [0.25, 0.3) is 11.1 Å². The molecule has 0 N–H and O–H groups in total. The van der Waals surface area contributed by atoms with Gasteiger partial charge in [0.05, 0.1) is 12.0 Å². The number of hydrogen-bond acceptors (Lipinski definition) is 2. The molecule has 2 nitrogen and oxygen atoms in total. The van der Waals surface area contributed by atoms with Gasteiger partial charge in [-0.25, -0.2) is 0 Å². The van der Waals surface area contributed by atoms with E-state index in [2.05, 4.69) is 69.3 Å². The minimum Gasteiger partial charge on any atom is -0.465 e. The van der Waals surface area contributed by atoms with Crippen LogP contribution in [0.15, 0.2) is 48.5 Å². The predicted molar refractivity (Wildman–Crippen MR) is 147 cm³/mol. The van der Waals surface area contributed by atoms with Crippen LogP contribution in [0.1, 0.15) is 121 Å².